The number of halogens is 1. The fraction of sp³-hybridized carbons (Fsp3) is 0.727. The maximum Gasteiger partial charge on any atom is 0.280 e. The first-order valence-electron chi connectivity index (χ1n) is 5.99. The topological polar surface area (TPSA) is 52.0 Å². The number of aromatic nitrogens is 2. The lowest BCUT2D eigenvalue weighted by Gasteiger charge is -2.24. The second-order valence-corrected chi connectivity index (χ2v) is 7.06. The smallest absolute Gasteiger partial charge is 0.280 e. The van der Waals surface area contributed by atoms with Crippen LogP contribution in [0.25, 0.3) is 0 Å². The fourth-order valence-corrected chi connectivity index (χ4v) is 3.60. The van der Waals surface area contributed by atoms with Crippen LogP contribution in [0, 0.1) is 0 Å². The van der Waals surface area contributed by atoms with Gasteiger partial charge in [0.2, 0.25) is 0 Å². The molecule has 6 heteroatoms. The van der Waals surface area contributed by atoms with E-state index in [1.165, 1.54) is 0 Å². The minimum atomic E-state index is -3.72. The normalized spacial score (nSPS) is 20.3. The van der Waals surface area contributed by atoms with Crippen LogP contribution in [-0.4, -0.2) is 18.0 Å². The zero-order valence-corrected chi connectivity index (χ0v) is 11.7. The lowest BCUT2D eigenvalue weighted by Crippen LogP contribution is -2.18. The van der Waals surface area contributed by atoms with Gasteiger partial charge in [0.1, 0.15) is 5.82 Å². The van der Waals surface area contributed by atoms with E-state index in [0.717, 1.165) is 43.6 Å². The van der Waals surface area contributed by atoms with Gasteiger partial charge >= 0.3 is 0 Å². The standard InChI is InChI=1S/C11H17ClN2O2S/c1-3-5-10-13-11(17(12,15)16)9-7-4-6-8(2)14(9)10/h8H,3-7H2,1-2H3. The van der Waals surface area contributed by atoms with E-state index < -0.39 is 9.05 Å². The van der Waals surface area contributed by atoms with Crippen LogP contribution in [0.3, 0.4) is 0 Å². The summed E-state index contributed by atoms with van der Waals surface area (Å²) in [5.74, 6) is 0.855. The van der Waals surface area contributed by atoms with Crippen molar-refractivity contribution >= 4 is 19.7 Å². The fourth-order valence-electron chi connectivity index (χ4n) is 2.53. The van der Waals surface area contributed by atoms with Gasteiger partial charge in [0.05, 0.1) is 5.69 Å². The molecule has 2 rings (SSSR count). The van der Waals surface area contributed by atoms with Crippen LogP contribution in [0.4, 0.5) is 0 Å². The molecule has 0 amide bonds. The van der Waals surface area contributed by atoms with Gasteiger partial charge in [0.15, 0.2) is 5.03 Å². The van der Waals surface area contributed by atoms with Crippen LogP contribution in [0.5, 0.6) is 0 Å². The zero-order valence-electron chi connectivity index (χ0n) is 10.1. The molecule has 0 saturated heterocycles. The molecular formula is C11H17ClN2O2S. The van der Waals surface area contributed by atoms with Crippen molar-refractivity contribution < 1.29 is 8.42 Å². The Morgan fingerprint density at radius 3 is 2.82 bits per heavy atom. The van der Waals surface area contributed by atoms with E-state index in [2.05, 4.69) is 23.4 Å². The molecule has 0 saturated carbocycles. The Hall–Kier alpha value is -0.550. The molecule has 4 nitrogen and oxygen atoms in total. The van der Waals surface area contributed by atoms with Crippen LogP contribution in [0.1, 0.15) is 50.7 Å². The molecule has 1 unspecified atom stereocenters. The second-order valence-electron chi connectivity index (χ2n) is 4.58. The highest BCUT2D eigenvalue weighted by atomic mass is 35.7. The Labute approximate surface area is 106 Å². The molecule has 0 radical (unpaired) electrons. The highest BCUT2D eigenvalue weighted by Gasteiger charge is 2.29. The number of hydrogen-bond donors (Lipinski definition) is 0. The van der Waals surface area contributed by atoms with E-state index >= 15 is 0 Å². The molecule has 1 atom stereocenters. The van der Waals surface area contributed by atoms with Crippen molar-refractivity contribution in [1.82, 2.24) is 9.55 Å². The lowest BCUT2D eigenvalue weighted by atomic mass is 10.0. The molecular weight excluding hydrogens is 260 g/mol. The Balaban J connectivity index is 2.60. The van der Waals surface area contributed by atoms with Gasteiger partial charge in [-0.15, -0.1) is 0 Å². The number of imidazole rings is 1. The molecule has 0 fully saturated rings. The number of nitrogens with zero attached hydrogens (tertiary/aromatic N) is 2. The van der Waals surface area contributed by atoms with Crippen molar-refractivity contribution in [2.45, 2.75) is 57.0 Å². The molecule has 1 aromatic heterocycles. The van der Waals surface area contributed by atoms with Crippen molar-refractivity contribution in [3.63, 3.8) is 0 Å². The van der Waals surface area contributed by atoms with E-state index in [1.807, 2.05) is 0 Å². The number of aryl methyl sites for hydroxylation is 1. The van der Waals surface area contributed by atoms with Crippen molar-refractivity contribution in [3.05, 3.63) is 11.5 Å². The third-order valence-corrected chi connectivity index (χ3v) is 4.45. The van der Waals surface area contributed by atoms with E-state index in [9.17, 15) is 8.42 Å². The molecule has 0 aliphatic carbocycles. The average molecular weight is 277 g/mol. The van der Waals surface area contributed by atoms with Gasteiger partial charge in [-0.3, -0.25) is 0 Å². The van der Waals surface area contributed by atoms with Crippen LogP contribution < -0.4 is 0 Å². The van der Waals surface area contributed by atoms with Crippen LogP contribution in [0.15, 0.2) is 5.03 Å². The molecule has 96 valence electrons. The van der Waals surface area contributed by atoms with E-state index in [4.69, 9.17) is 10.7 Å². The van der Waals surface area contributed by atoms with Gasteiger partial charge in [-0.25, -0.2) is 13.4 Å². The lowest BCUT2D eigenvalue weighted by molar-refractivity contribution is 0.415. The maximum atomic E-state index is 11.5. The van der Waals surface area contributed by atoms with E-state index in [1.54, 1.807) is 0 Å². The predicted octanol–water partition coefficient (Wildman–Crippen LogP) is 2.66. The first kappa shape index (κ1) is 12.9. The molecule has 2 heterocycles. The number of fused-ring (bicyclic) bond motifs is 1. The second kappa shape index (κ2) is 4.61. The Bertz CT molecular complexity index is 522. The van der Waals surface area contributed by atoms with Crippen molar-refractivity contribution in [3.8, 4) is 0 Å². The minimum absolute atomic E-state index is 0.0779. The van der Waals surface area contributed by atoms with Gasteiger partial charge in [0, 0.05) is 23.1 Å². The van der Waals surface area contributed by atoms with Crippen molar-refractivity contribution in [2.75, 3.05) is 0 Å². The summed E-state index contributed by atoms with van der Waals surface area (Å²) in [6.07, 6.45) is 4.57. The van der Waals surface area contributed by atoms with Gasteiger partial charge in [0.25, 0.3) is 9.05 Å². The third kappa shape index (κ3) is 2.36. The molecule has 17 heavy (non-hydrogen) atoms. The third-order valence-electron chi connectivity index (χ3n) is 3.23. The summed E-state index contributed by atoms with van der Waals surface area (Å²) in [6, 6.07) is 0.319. The minimum Gasteiger partial charge on any atom is -0.328 e. The maximum absolute atomic E-state index is 11.5. The van der Waals surface area contributed by atoms with Crippen LogP contribution in [0.2, 0.25) is 0 Å². The van der Waals surface area contributed by atoms with E-state index in [-0.39, 0.29) is 5.03 Å². The zero-order chi connectivity index (χ0) is 12.6. The van der Waals surface area contributed by atoms with Crippen LogP contribution in [-0.2, 0) is 21.9 Å². The Kier molecular flexibility index (Phi) is 3.50. The molecule has 1 aliphatic rings. The Morgan fingerprint density at radius 2 is 2.24 bits per heavy atom. The van der Waals surface area contributed by atoms with Gasteiger partial charge < -0.3 is 4.57 Å². The highest BCUT2D eigenvalue weighted by Crippen LogP contribution is 2.32. The molecule has 0 N–H and O–H groups in total. The summed E-state index contributed by atoms with van der Waals surface area (Å²) in [5.41, 5.74) is 0.794. The molecule has 0 bridgehead atoms. The van der Waals surface area contributed by atoms with Crippen molar-refractivity contribution in [2.24, 2.45) is 0 Å². The molecule has 1 aliphatic heterocycles. The average Bonchev–Trinajstić information content (AvgIpc) is 2.59. The number of rotatable bonds is 3. The molecule has 0 spiro atoms. The Morgan fingerprint density at radius 1 is 1.53 bits per heavy atom. The molecule has 0 aromatic carbocycles. The quantitative estimate of drug-likeness (QED) is 0.798. The monoisotopic (exact) mass is 276 g/mol. The summed E-state index contributed by atoms with van der Waals surface area (Å²) in [6.45, 7) is 4.16. The van der Waals surface area contributed by atoms with Crippen molar-refractivity contribution in [1.29, 1.82) is 0 Å². The van der Waals surface area contributed by atoms with Crippen LogP contribution >= 0.6 is 10.7 Å². The first-order valence-corrected chi connectivity index (χ1v) is 8.30. The first-order chi connectivity index (χ1) is 7.95. The largest absolute Gasteiger partial charge is 0.328 e. The summed E-state index contributed by atoms with van der Waals surface area (Å²) < 4.78 is 25.1. The summed E-state index contributed by atoms with van der Waals surface area (Å²) in [5, 5.41) is 0.0779. The molecule has 1 aromatic rings. The van der Waals surface area contributed by atoms with Gasteiger partial charge in [-0.1, -0.05) is 6.92 Å². The van der Waals surface area contributed by atoms with E-state index in [0.29, 0.717) is 6.04 Å². The number of hydrogen-bond acceptors (Lipinski definition) is 3. The SMILES string of the molecule is CCCc1nc(S(=O)(=O)Cl)c2n1C(C)CCC2. The highest BCUT2D eigenvalue weighted by molar-refractivity contribution is 8.13. The summed E-state index contributed by atoms with van der Waals surface area (Å²) >= 11 is 0. The summed E-state index contributed by atoms with van der Waals surface area (Å²) in [7, 11) is 1.73. The summed E-state index contributed by atoms with van der Waals surface area (Å²) in [4.78, 5) is 4.25. The van der Waals surface area contributed by atoms with Gasteiger partial charge in [-0.05, 0) is 32.6 Å². The predicted molar refractivity (Wildman–Crippen MR) is 66.9 cm³/mol. The van der Waals surface area contributed by atoms with Gasteiger partial charge in [-0.2, -0.15) is 0 Å².